The van der Waals surface area contributed by atoms with Gasteiger partial charge in [-0.2, -0.15) is 0 Å². The second-order valence-corrected chi connectivity index (χ2v) is 4.37. The van der Waals surface area contributed by atoms with Gasteiger partial charge in [-0.1, -0.05) is 12.1 Å². The van der Waals surface area contributed by atoms with Crippen LogP contribution in [0.3, 0.4) is 0 Å². The molecular formula is C14H20N2O4. The van der Waals surface area contributed by atoms with E-state index in [1.807, 2.05) is 13.8 Å². The third-order valence-electron chi connectivity index (χ3n) is 2.30. The molecule has 0 fully saturated rings. The van der Waals surface area contributed by atoms with Crippen molar-refractivity contribution in [2.75, 3.05) is 25.6 Å². The molecule has 20 heavy (non-hydrogen) atoms. The average molecular weight is 280 g/mol. The number of ether oxygens (including phenoxy) is 2. The Morgan fingerprint density at radius 3 is 2.55 bits per heavy atom. The van der Waals surface area contributed by atoms with E-state index >= 15 is 0 Å². The van der Waals surface area contributed by atoms with E-state index in [0.29, 0.717) is 18.0 Å². The van der Waals surface area contributed by atoms with Crippen LogP contribution in [0.5, 0.6) is 5.75 Å². The van der Waals surface area contributed by atoms with Crippen molar-refractivity contribution < 1.29 is 19.1 Å². The van der Waals surface area contributed by atoms with Gasteiger partial charge in [-0.15, -0.1) is 0 Å². The maximum Gasteiger partial charge on any atom is 0.313 e. The van der Waals surface area contributed by atoms with E-state index in [2.05, 4.69) is 10.6 Å². The molecule has 0 heterocycles. The highest BCUT2D eigenvalue weighted by molar-refractivity contribution is 6.39. The summed E-state index contributed by atoms with van der Waals surface area (Å²) in [6.07, 6.45) is -0.0245. The van der Waals surface area contributed by atoms with Gasteiger partial charge in [-0.05, 0) is 26.0 Å². The second-order valence-electron chi connectivity index (χ2n) is 4.37. The molecule has 0 aliphatic rings. The Labute approximate surface area is 118 Å². The molecule has 0 aliphatic carbocycles. The molecule has 0 unspecified atom stereocenters. The van der Waals surface area contributed by atoms with Crippen LogP contribution in [-0.2, 0) is 14.3 Å². The minimum atomic E-state index is -0.735. The molecule has 0 aliphatic heterocycles. The lowest BCUT2D eigenvalue weighted by atomic mass is 10.3. The van der Waals surface area contributed by atoms with Crippen LogP contribution in [0.15, 0.2) is 24.3 Å². The van der Waals surface area contributed by atoms with Crippen LogP contribution < -0.4 is 15.4 Å². The largest absolute Gasteiger partial charge is 0.489 e. The van der Waals surface area contributed by atoms with E-state index in [0.717, 1.165) is 0 Å². The summed E-state index contributed by atoms with van der Waals surface area (Å²) in [5.74, 6) is -0.914. The van der Waals surface area contributed by atoms with Crippen LogP contribution in [0, 0.1) is 0 Å². The first-order valence-corrected chi connectivity index (χ1v) is 6.38. The van der Waals surface area contributed by atoms with Gasteiger partial charge in [0.05, 0.1) is 18.4 Å². The summed E-state index contributed by atoms with van der Waals surface area (Å²) < 4.78 is 10.3. The number of hydrogen-bond donors (Lipinski definition) is 2. The van der Waals surface area contributed by atoms with E-state index in [1.165, 1.54) is 7.11 Å². The highest BCUT2D eigenvalue weighted by Crippen LogP contribution is 2.24. The Balaban J connectivity index is 2.63. The average Bonchev–Trinajstić information content (AvgIpc) is 2.40. The molecule has 2 N–H and O–H groups in total. The molecule has 6 heteroatoms. The number of amides is 2. The number of benzene rings is 1. The lowest BCUT2D eigenvalue weighted by Crippen LogP contribution is -2.37. The minimum absolute atomic E-state index is 0.0245. The van der Waals surface area contributed by atoms with Crippen molar-refractivity contribution in [1.29, 1.82) is 0 Å². The first kappa shape index (κ1) is 16.0. The molecule has 1 rings (SSSR count). The smallest absolute Gasteiger partial charge is 0.313 e. The van der Waals surface area contributed by atoms with E-state index < -0.39 is 11.8 Å². The Kier molecular flexibility index (Phi) is 6.52. The summed E-state index contributed by atoms with van der Waals surface area (Å²) in [7, 11) is 1.52. The van der Waals surface area contributed by atoms with Crippen LogP contribution in [0.1, 0.15) is 13.8 Å². The Bertz CT molecular complexity index is 460. The number of rotatable bonds is 6. The predicted molar refractivity (Wildman–Crippen MR) is 75.7 cm³/mol. The zero-order chi connectivity index (χ0) is 15.0. The predicted octanol–water partition coefficient (Wildman–Crippen LogP) is 1.17. The van der Waals surface area contributed by atoms with Gasteiger partial charge in [0.25, 0.3) is 0 Å². The number of hydrogen-bond acceptors (Lipinski definition) is 4. The van der Waals surface area contributed by atoms with Crippen molar-refractivity contribution >= 4 is 17.5 Å². The van der Waals surface area contributed by atoms with Gasteiger partial charge in [-0.25, -0.2) is 0 Å². The van der Waals surface area contributed by atoms with E-state index in [-0.39, 0.29) is 12.6 Å². The molecule has 6 nitrogen and oxygen atoms in total. The molecule has 110 valence electrons. The highest BCUT2D eigenvalue weighted by atomic mass is 16.5. The van der Waals surface area contributed by atoms with Gasteiger partial charge in [0.1, 0.15) is 5.75 Å². The molecular weight excluding hydrogens is 260 g/mol. The fourth-order valence-corrected chi connectivity index (χ4v) is 1.45. The van der Waals surface area contributed by atoms with Crippen LogP contribution >= 0.6 is 0 Å². The molecule has 1 aromatic rings. The fraction of sp³-hybridized carbons (Fsp3) is 0.429. The van der Waals surface area contributed by atoms with Gasteiger partial charge >= 0.3 is 11.8 Å². The zero-order valence-electron chi connectivity index (χ0n) is 11.9. The van der Waals surface area contributed by atoms with Crippen molar-refractivity contribution in [1.82, 2.24) is 5.32 Å². The Morgan fingerprint density at radius 2 is 1.90 bits per heavy atom. The lowest BCUT2D eigenvalue weighted by Gasteiger charge is -2.14. The highest BCUT2D eigenvalue weighted by Gasteiger charge is 2.15. The maximum absolute atomic E-state index is 11.7. The molecule has 0 spiro atoms. The van der Waals surface area contributed by atoms with Gasteiger partial charge in [-0.3, -0.25) is 9.59 Å². The second kappa shape index (κ2) is 8.16. The minimum Gasteiger partial charge on any atom is -0.489 e. The summed E-state index contributed by atoms with van der Waals surface area (Å²) in [6.45, 7) is 4.41. The Hall–Kier alpha value is -2.08. The Morgan fingerprint density at radius 1 is 1.20 bits per heavy atom. The zero-order valence-corrected chi connectivity index (χ0v) is 11.9. The lowest BCUT2D eigenvalue weighted by molar-refractivity contribution is -0.136. The number of carbonyl (C=O) groups is 2. The van der Waals surface area contributed by atoms with Gasteiger partial charge in [0.15, 0.2) is 0 Å². The number of anilines is 1. The number of para-hydroxylation sites is 2. The van der Waals surface area contributed by atoms with Gasteiger partial charge < -0.3 is 20.1 Å². The quantitative estimate of drug-likeness (QED) is 0.606. The number of methoxy groups -OCH3 is 1. The van der Waals surface area contributed by atoms with Gasteiger partial charge in [0.2, 0.25) is 0 Å². The van der Waals surface area contributed by atoms with Crippen molar-refractivity contribution in [2.45, 2.75) is 20.0 Å². The molecule has 0 saturated heterocycles. The maximum atomic E-state index is 11.7. The summed E-state index contributed by atoms with van der Waals surface area (Å²) in [4.78, 5) is 23.3. The van der Waals surface area contributed by atoms with E-state index in [4.69, 9.17) is 9.47 Å². The van der Waals surface area contributed by atoms with Gasteiger partial charge in [0, 0.05) is 13.7 Å². The standard InChI is InChI=1S/C14H20N2O4/c1-10(2)20-12-7-5-4-6-11(12)16-14(18)13(17)15-8-9-19-3/h4-7,10H,8-9H2,1-3H3,(H,15,17)(H,16,18). The third kappa shape index (κ3) is 5.27. The first-order chi connectivity index (χ1) is 9.54. The molecule has 2 amide bonds. The summed E-state index contributed by atoms with van der Waals surface area (Å²) in [6, 6.07) is 6.97. The SMILES string of the molecule is COCCNC(=O)C(=O)Nc1ccccc1OC(C)C. The van der Waals surface area contributed by atoms with E-state index in [9.17, 15) is 9.59 Å². The van der Waals surface area contributed by atoms with Crippen molar-refractivity contribution in [2.24, 2.45) is 0 Å². The summed E-state index contributed by atoms with van der Waals surface area (Å²) in [5.41, 5.74) is 0.466. The number of nitrogens with one attached hydrogen (secondary N) is 2. The summed E-state index contributed by atoms with van der Waals surface area (Å²) in [5, 5.41) is 4.97. The molecule has 0 saturated carbocycles. The molecule has 0 atom stereocenters. The molecule has 0 bridgehead atoms. The summed E-state index contributed by atoms with van der Waals surface area (Å²) >= 11 is 0. The molecule has 1 aromatic carbocycles. The van der Waals surface area contributed by atoms with E-state index in [1.54, 1.807) is 24.3 Å². The topological polar surface area (TPSA) is 76.7 Å². The molecule has 0 radical (unpaired) electrons. The van der Waals surface area contributed by atoms with Crippen molar-refractivity contribution in [3.05, 3.63) is 24.3 Å². The fourth-order valence-electron chi connectivity index (χ4n) is 1.45. The van der Waals surface area contributed by atoms with Crippen molar-refractivity contribution in [3.63, 3.8) is 0 Å². The van der Waals surface area contributed by atoms with Crippen LogP contribution in [-0.4, -0.2) is 38.2 Å². The monoisotopic (exact) mass is 280 g/mol. The normalized spacial score (nSPS) is 10.2. The van der Waals surface area contributed by atoms with Crippen LogP contribution in [0.2, 0.25) is 0 Å². The molecule has 0 aromatic heterocycles. The van der Waals surface area contributed by atoms with Crippen LogP contribution in [0.25, 0.3) is 0 Å². The van der Waals surface area contributed by atoms with Crippen molar-refractivity contribution in [3.8, 4) is 5.75 Å². The first-order valence-electron chi connectivity index (χ1n) is 6.38. The number of carbonyl (C=O) groups excluding carboxylic acids is 2. The van der Waals surface area contributed by atoms with Crippen LogP contribution in [0.4, 0.5) is 5.69 Å². The third-order valence-corrected chi connectivity index (χ3v) is 2.30.